The zero-order valence-electron chi connectivity index (χ0n) is 50.2. The standard InChI is InChI=1S/C22H13BrN2.C15H10N2O2.C15H12N2.C9H8BNO2.C9H6BrN.C6H4BrNO2/c23-16-10-7-15(8-11-16)21-18-12-9-14-4-3-13-24-22(14)20(18)17-5-1-2-6-19(17)25-21;18-17(19)14-9-2-1-7-12(14)13-8-3-5-11-6-4-10-16-15(11)13;16-14-9-2-1-7-12(14)13-8-3-5-11-6-4-10-17-15(11)13;12-10(13)8-5-1-3-7-4-2-6-11-9(7)8;10-8-5-1-3-7-4-2-6-11-9(7)8;7-5-3-1-2-4-6(5)8(9)10/h1-13H;1-10H;1-10H,16H2;1-6,12-13H;1-6H;1-4H. The van der Waals surface area contributed by atoms with Crippen LogP contribution in [0.15, 0.2) is 311 Å². The van der Waals surface area contributed by atoms with Crippen molar-refractivity contribution in [2.45, 2.75) is 0 Å². The predicted octanol–water partition coefficient (Wildman–Crippen LogP) is 18.9. The van der Waals surface area contributed by atoms with Crippen molar-refractivity contribution >= 4 is 154 Å². The van der Waals surface area contributed by atoms with Crippen LogP contribution in [-0.2, 0) is 0 Å². The minimum atomic E-state index is -1.46. The van der Waals surface area contributed by atoms with Crippen LogP contribution in [0.2, 0.25) is 0 Å². The third kappa shape index (κ3) is 15.6. The Hall–Kier alpha value is -11.1. The Labute approximate surface area is 570 Å². The lowest BCUT2D eigenvalue weighted by molar-refractivity contribution is -0.385. The van der Waals surface area contributed by atoms with Crippen molar-refractivity contribution in [3.05, 3.63) is 332 Å². The average Bonchev–Trinajstić information content (AvgIpc) is 0.761. The average molecular weight is 1440 g/mol. The van der Waals surface area contributed by atoms with Crippen molar-refractivity contribution in [3.63, 3.8) is 0 Å². The fraction of sp³-hybridized carbons (Fsp3) is 0. The summed E-state index contributed by atoms with van der Waals surface area (Å²) in [5, 5.41) is 48.2. The second-order valence-electron chi connectivity index (χ2n) is 21.0. The number of fused-ring (bicyclic) bond motifs is 9. The molecule has 0 aliphatic carbocycles. The smallest absolute Gasteiger partial charge is 0.423 e. The van der Waals surface area contributed by atoms with Crippen LogP contribution in [-0.4, -0.2) is 56.9 Å². The first-order valence-corrected chi connectivity index (χ1v) is 31.9. The van der Waals surface area contributed by atoms with Gasteiger partial charge in [0.25, 0.3) is 11.4 Å². The molecule has 19 heteroatoms. The topological polar surface area (TPSA) is 230 Å². The van der Waals surface area contributed by atoms with Crippen LogP contribution in [0.3, 0.4) is 0 Å². The number of hydrogen-bond acceptors (Lipinski definition) is 13. The Morgan fingerprint density at radius 1 is 0.368 bits per heavy atom. The van der Waals surface area contributed by atoms with E-state index < -0.39 is 12.0 Å². The third-order valence-electron chi connectivity index (χ3n) is 15.0. The molecule has 0 bridgehead atoms. The molecule has 6 aromatic heterocycles. The summed E-state index contributed by atoms with van der Waals surface area (Å²) in [6.45, 7) is 0. The Morgan fingerprint density at radius 3 is 1.37 bits per heavy atom. The second kappa shape index (κ2) is 31.0. The highest BCUT2D eigenvalue weighted by atomic mass is 79.9. The molecule has 95 heavy (non-hydrogen) atoms. The molecule has 0 spiro atoms. The first-order chi connectivity index (χ1) is 46.3. The fourth-order valence-corrected chi connectivity index (χ4v) is 11.8. The molecule has 0 aliphatic heterocycles. The van der Waals surface area contributed by atoms with Gasteiger partial charge >= 0.3 is 7.12 Å². The number of halogens is 3. The molecule has 0 amide bonds. The van der Waals surface area contributed by atoms with Gasteiger partial charge in [0.2, 0.25) is 0 Å². The van der Waals surface area contributed by atoms with Gasteiger partial charge in [-0.05, 0) is 110 Å². The van der Waals surface area contributed by atoms with Crippen molar-refractivity contribution in [2.24, 2.45) is 0 Å². The highest BCUT2D eigenvalue weighted by Gasteiger charge is 2.18. The number of nitrogens with two attached hydrogens (primary N) is 1. The highest BCUT2D eigenvalue weighted by Crippen LogP contribution is 2.38. The molecule has 6 heterocycles. The van der Waals surface area contributed by atoms with Gasteiger partial charge in [-0.2, -0.15) is 0 Å². The lowest BCUT2D eigenvalue weighted by Crippen LogP contribution is -2.30. The van der Waals surface area contributed by atoms with E-state index in [1.165, 1.54) is 22.9 Å². The van der Waals surface area contributed by atoms with Crippen LogP contribution >= 0.6 is 47.8 Å². The number of anilines is 1. The second-order valence-corrected chi connectivity index (χ2v) is 23.6. The summed E-state index contributed by atoms with van der Waals surface area (Å²) in [5.41, 5.74) is 18.5. The predicted molar refractivity (Wildman–Crippen MR) is 395 cm³/mol. The van der Waals surface area contributed by atoms with Crippen molar-refractivity contribution in [1.82, 2.24) is 29.9 Å². The molecule has 0 radical (unpaired) electrons. The van der Waals surface area contributed by atoms with Gasteiger partial charge in [-0.3, -0.25) is 45.1 Å². The summed E-state index contributed by atoms with van der Waals surface area (Å²) in [5.74, 6) is 0. The quantitative estimate of drug-likeness (QED) is 0.0463. The first-order valence-electron chi connectivity index (χ1n) is 29.5. The highest BCUT2D eigenvalue weighted by molar-refractivity contribution is 9.11. The number of pyridine rings is 6. The van der Waals surface area contributed by atoms with Gasteiger partial charge in [-0.15, -0.1) is 0 Å². The molecule has 15 nitrogen and oxygen atoms in total. The zero-order chi connectivity index (χ0) is 66.2. The fourth-order valence-electron chi connectivity index (χ4n) is 10.7. The number of nitro groups is 2. The number of benzene rings is 10. The van der Waals surface area contributed by atoms with Gasteiger partial charge in [-0.1, -0.05) is 198 Å². The number of aromatic nitrogens is 6. The van der Waals surface area contributed by atoms with E-state index in [0.717, 1.165) is 102 Å². The summed E-state index contributed by atoms with van der Waals surface area (Å²) in [4.78, 5) is 47.3. The molecule has 10 aromatic carbocycles. The van der Waals surface area contributed by atoms with Crippen LogP contribution in [0.5, 0.6) is 0 Å². The van der Waals surface area contributed by atoms with Crippen molar-refractivity contribution in [2.75, 3.05) is 5.73 Å². The van der Waals surface area contributed by atoms with Gasteiger partial charge in [0.1, 0.15) is 0 Å². The maximum atomic E-state index is 11.1. The van der Waals surface area contributed by atoms with Gasteiger partial charge in [0.05, 0.1) is 58.7 Å². The van der Waals surface area contributed by atoms with Crippen LogP contribution in [0.25, 0.3) is 110 Å². The van der Waals surface area contributed by atoms with Crippen molar-refractivity contribution < 1.29 is 19.9 Å². The van der Waals surface area contributed by atoms with E-state index in [-0.39, 0.29) is 16.3 Å². The molecule has 0 fully saturated rings. The summed E-state index contributed by atoms with van der Waals surface area (Å²) >= 11 is 10.00. The zero-order valence-corrected chi connectivity index (χ0v) is 54.9. The normalized spacial score (nSPS) is 10.6. The largest absolute Gasteiger partial charge is 0.490 e. The maximum Gasteiger partial charge on any atom is 0.490 e. The van der Waals surface area contributed by atoms with E-state index >= 15 is 0 Å². The SMILES string of the molecule is Brc1ccc(-c2nc3ccccc3c3c2ccc2cccnc23)cc1.Brc1cccc2cccnc12.Nc1ccccc1-c1cccc2cccnc12.O=[N+]([O-])c1ccccc1-c1cccc2cccnc12.O=[N+]([O-])c1ccccc1Br.OB(O)c1cccc2cccnc12. The monoisotopic (exact) mass is 1440 g/mol. The van der Waals surface area contributed by atoms with Gasteiger partial charge in [-0.25, -0.2) is 4.98 Å². The number of para-hydroxylation sites is 8. The van der Waals surface area contributed by atoms with Gasteiger partial charge in [0.15, 0.2) is 0 Å². The number of nitro benzene ring substituents is 2. The molecule has 16 aromatic rings. The maximum absolute atomic E-state index is 11.1. The van der Waals surface area contributed by atoms with Crippen LogP contribution in [0, 0.1) is 20.2 Å². The number of nitrogens with zero attached hydrogens (tertiary/aromatic N) is 8. The van der Waals surface area contributed by atoms with Crippen LogP contribution in [0.4, 0.5) is 17.1 Å². The van der Waals surface area contributed by atoms with Gasteiger partial charge < -0.3 is 15.8 Å². The van der Waals surface area contributed by atoms with E-state index in [1.807, 2.05) is 140 Å². The molecule has 0 aliphatic rings. The summed E-state index contributed by atoms with van der Waals surface area (Å²) in [6.07, 6.45) is 8.79. The molecular weight excluding hydrogens is 1390 g/mol. The summed E-state index contributed by atoms with van der Waals surface area (Å²) in [6, 6.07) is 84.7. The molecule has 4 N–H and O–H groups in total. The first kappa shape index (κ1) is 65.4. The van der Waals surface area contributed by atoms with Crippen molar-refractivity contribution in [1.29, 1.82) is 0 Å². The van der Waals surface area contributed by atoms with Gasteiger partial charge in [0, 0.05) is 123 Å². The number of hydrogen-bond donors (Lipinski definition) is 3. The molecule has 16 rings (SSSR count). The molecule has 0 saturated carbocycles. The van der Waals surface area contributed by atoms with E-state index in [4.69, 9.17) is 20.8 Å². The Morgan fingerprint density at radius 2 is 0.800 bits per heavy atom. The Balaban J connectivity index is 0.000000119. The molecule has 0 unspecified atom stereocenters. The van der Waals surface area contributed by atoms with E-state index in [0.29, 0.717) is 21.0 Å². The van der Waals surface area contributed by atoms with E-state index in [1.54, 1.807) is 67.1 Å². The lowest BCUT2D eigenvalue weighted by Gasteiger charge is -2.12. The van der Waals surface area contributed by atoms with E-state index in [2.05, 4.69) is 152 Å². The summed E-state index contributed by atoms with van der Waals surface area (Å²) in [7, 11) is -1.46. The van der Waals surface area contributed by atoms with Crippen molar-refractivity contribution in [3.8, 4) is 33.5 Å². The molecular formula is C76H53BBr3N9O6. The molecule has 0 saturated heterocycles. The van der Waals surface area contributed by atoms with Crippen LogP contribution < -0.4 is 11.2 Å². The minimum Gasteiger partial charge on any atom is -0.423 e. The summed E-state index contributed by atoms with van der Waals surface area (Å²) < 4.78 is 2.63. The Kier molecular flexibility index (Phi) is 21.4. The molecule has 0 atom stereocenters. The molecule has 462 valence electrons. The van der Waals surface area contributed by atoms with E-state index in [9.17, 15) is 20.2 Å². The third-order valence-corrected chi connectivity index (χ3v) is 16.9. The number of rotatable bonds is 6. The van der Waals surface area contributed by atoms with Crippen LogP contribution in [0.1, 0.15) is 0 Å². The lowest BCUT2D eigenvalue weighted by atomic mass is 9.79. The minimum absolute atomic E-state index is 0.0978. The Bertz CT molecular complexity index is 5390. The number of nitrogen functional groups attached to an aromatic ring is 1.